The van der Waals surface area contributed by atoms with E-state index in [1.54, 1.807) is 37.3 Å². The first-order chi connectivity index (χ1) is 14.8. The highest BCUT2D eigenvalue weighted by atomic mass is 35.5. The van der Waals surface area contributed by atoms with E-state index in [9.17, 15) is 4.79 Å². The second-order valence-electron chi connectivity index (χ2n) is 6.88. The van der Waals surface area contributed by atoms with Crippen LogP contribution in [0.25, 0.3) is 11.5 Å². The van der Waals surface area contributed by atoms with E-state index in [0.717, 1.165) is 11.1 Å². The maximum atomic E-state index is 12.7. The summed E-state index contributed by atoms with van der Waals surface area (Å²) >= 11 is 12.2. The van der Waals surface area contributed by atoms with Crippen LogP contribution < -0.4 is 11.1 Å². The van der Waals surface area contributed by atoms with Crippen molar-refractivity contribution in [2.45, 2.75) is 20.4 Å². The van der Waals surface area contributed by atoms with E-state index in [1.807, 2.05) is 19.1 Å². The summed E-state index contributed by atoms with van der Waals surface area (Å²) in [6.07, 6.45) is 0. The van der Waals surface area contributed by atoms with Crippen LogP contribution in [0.3, 0.4) is 0 Å². The number of nitrogens with two attached hydrogens (primary N) is 1. The zero-order chi connectivity index (χ0) is 22.1. The van der Waals surface area contributed by atoms with Gasteiger partial charge in [0.05, 0.1) is 6.54 Å². The molecule has 8 nitrogen and oxygen atoms in total. The lowest BCUT2D eigenvalue weighted by Gasteiger charge is -2.08. The Morgan fingerprint density at radius 3 is 2.74 bits per heavy atom. The molecule has 0 bridgehead atoms. The number of hydrogen-bond donors (Lipinski definition) is 2. The van der Waals surface area contributed by atoms with E-state index in [4.69, 9.17) is 33.4 Å². The van der Waals surface area contributed by atoms with E-state index in [0.29, 0.717) is 33.1 Å². The van der Waals surface area contributed by atoms with Gasteiger partial charge in [0.25, 0.3) is 5.91 Å². The summed E-state index contributed by atoms with van der Waals surface area (Å²) in [5.41, 5.74) is 8.84. The standard InChI is InChI=1S/C21H18Cl2N6O2/c1-11-15(23)7-4-8-16(11)25-20(30)18-19(24)29(28-27-18)10-17-12(2)31-21(26-17)13-5-3-6-14(22)9-13/h3-9H,10,24H2,1-2H3,(H,25,30). The molecule has 2 aromatic heterocycles. The monoisotopic (exact) mass is 456 g/mol. The Kier molecular flexibility index (Phi) is 5.67. The summed E-state index contributed by atoms with van der Waals surface area (Å²) in [6.45, 7) is 3.79. The van der Waals surface area contributed by atoms with Crippen LogP contribution in [-0.4, -0.2) is 25.9 Å². The molecule has 4 rings (SSSR count). The molecule has 0 radical (unpaired) electrons. The van der Waals surface area contributed by atoms with Gasteiger partial charge in [-0.15, -0.1) is 5.10 Å². The second kappa shape index (κ2) is 8.41. The fourth-order valence-electron chi connectivity index (χ4n) is 2.98. The summed E-state index contributed by atoms with van der Waals surface area (Å²) in [7, 11) is 0. The Labute approximate surface area is 188 Å². The number of oxazole rings is 1. The average molecular weight is 457 g/mol. The molecule has 4 aromatic rings. The fourth-order valence-corrected chi connectivity index (χ4v) is 3.35. The van der Waals surface area contributed by atoms with Crippen LogP contribution >= 0.6 is 23.2 Å². The van der Waals surface area contributed by atoms with Gasteiger partial charge in [-0.05, 0) is 49.7 Å². The zero-order valence-electron chi connectivity index (χ0n) is 16.7. The van der Waals surface area contributed by atoms with E-state index in [2.05, 4.69) is 20.6 Å². The van der Waals surface area contributed by atoms with Crippen molar-refractivity contribution in [2.24, 2.45) is 0 Å². The number of aromatic nitrogens is 4. The van der Waals surface area contributed by atoms with Gasteiger partial charge in [0.15, 0.2) is 11.5 Å². The van der Waals surface area contributed by atoms with Gasteiger partial charge in [0, 0.05) is 21.3 Å². The maximum absolute atomic E-state index is 12.7. The van der Waals surface area contributed by atoms with Crippen molar-refractivity contribution < 1.29 is 9.21 Å². The predicted molar refractivity (Wildman–Crippen MR) is 119 cm³/mol. The lowest BCUT2D eigenvalue weighted by molar-refractivity contribution is 0.102. The number of anilines is 2. The van der Waals surface area contributed by atoms with Crippen molar-refractivity contribution in [3.8, 4) is 11.5 Å². The molecule has 0 spiro atoms. The smallest absolute Gasteiger partial charge is 0.280 e. The lowest BCUT2D eigenvalue weighted by atomic mass is 10.2. The molecule has 0 fully saturated rings. The number of benzene rings is 2. The van der Waals surface area contributed by atoms with Crippen LogP contribution in [0.15, 0.2) is 46.9 Å². The van der Waals surface area contributed by atoms with Crippen molar-refractivity contribution in [1.82, 2.24) is 20.0 Å². The first kappa shape index (κ1) is 20.9. The zero-order valence-corrected chi connectivity index (χ0v) is 18.2. The molecule has 0 saturated heterocycles. The highest BCUT2D eigenvalue weighted by molar-refractivity contribution is 6.32. The van der Waals surface area contributed by atoms with Gasteiger partial charge in [-0.2, -0.15) is 0 Å². The Hall–Kier alpha value is -3.36. The predicted octanol–water partition coefficient (Wildman–Crippen LogP) is 4.74. The third kappa shape index (κ3) is 4.26. The lowest BCUT2D eigenvalue weighted by Crippen LogP contribution is -2.16. The molecule has 0 aliphatic heterocycles. The van der Waals surface area contributed by atoms with E-state index < -0.39 is 5.91 Å². The number of aryl methyl sites for hydroxylation is 1. The molecule has 0 aliphatic carbocycles. The van der Waals surface area contributed by atoms with E-state index in [-0.39, 0.29) is 18.1 Å². The van der Waals surface area contributed by atoms with Crippen LogP contribution in [0.2, 0.25) is 10.0 Å². The van der Waals surface area contributed by atoms with Crippen molar-refractivity contribution in [2.75, 3.05) is 11.1 Å². The highest BCUT2D eigenvalue weighted by Gasteiger charge is 2.20. The molecule has 0 unspecified atom stereocenters. The number of nitrogens with one attached hydrogen (secondary N) is 1. The van der Waals surface area contributed by atoms with Crippen molar-refractivity contribution in [3.05, 3.63) is 75.2 Å². The summed E-state index contributed by atoms with van der Waals surface area (Å²) < 4.78 is 7.16. The number of amides is 1. The average Bonchev–Trinajstić information content (AvgIpc) is 3.29. The van der Waals surface area contributed by atoms with Crippen LogP contribution in [0, 0.1) is 13.8 Å². The topological polar surface area (TPSA) is 112 Å². The summed E-state index contributed by atoms with van der Waals surface area (Å²) in [5.74, 6) is 0.669. The quantitative estimate of drug-likeness (QED) is 0.448. The maximum Gasteiger partial charge on any atom is 0.280 e. The molecule has 3 N–H and O–H groups in total. The van der Waals surface area contributed by atoms with Gasteiger partial charge in [0.2, 0.25) is 5.89 Å². The number of carbonyl (C=O) groups is 1. The number of rotatable bonds is 5. The Bertz CT molecular complexity index is 1280. The summed E-state index contributed by atoms with van der Waals surface area (Å²) in [4.78, 5) is 17.2. The molecule has 158 valence electrons. The summed E-state index contributed by atoms with van der Waals surface area (Å²) in [6, 6.07) is 12.4. The van der Waals surface area contributed by atoms with Crippen molar-refractivity contribution in [1.29, 1.82) is 0 Å². The Balaban J connectivity index is 1.55. The van der Waals surface area contributed by atoms with Crippen LogP contribution in [0.1, 0.15) is 27.5 Å². The Morgan fingerprint density at radius 1 is 1.19 bits per heavy atom. The first-order valence-corrected chi connectivity index (χ1v) is 10.1. The molecule has 2 heterocycles. The molecular weight excluding hydrogens is 439 g/mol. The highest BCUT2D eigenvalue weighted by Crippen LogP contribution is 2.26. The molecule has 10 heteroatoms. The van der Waals surface area contributed by atoms with Gasteiger partial charge in [-0.3, -0.25) is 4.79 Å². The number of hydrogen-bond acceptors (Lipinski definition) is 6. The third-order valence-electron chi connectivity index (χ3n) is 4.77. The van der Waals surface area contributed by atoms with Crippen LogP contribution in [-0.2, 0) is 6.54 Å². The molecular formula is C21H18Cl2N6O2. The molecule has 0 saturated carbocycles. The Morgan fingerprint density at radius 2 is 1.97 bits per heavy atom. The SMILES string of the molecule is Cc1oc(-c2cccc(Cl)c2)nc1Cn1nnc(C(=O)Nc2cccc(Cl)c2C)c1N. The largest absolute Gasteiger partial charge is 0.441 e. The van der Waals surface area contributed by atoms with Crippen LogP contribution in [0.4, 0.5) is 11.5 Å². The van der Waals surface area contributed by atoms with Crippen molar-refractivity contribution >= 4 is 40.6 Å². The second-order valence-corrected chi connectivity index (χ2v) is 7.72. The first-order valence-electron chi connectivity index (χ1n) is 9.31. The minimum absolute atomic E-state index is 0.00980. The van der Waals surface area contributed by atoms with Crippen molar-refractivity contribution in [3.63, 3.8) is 0 Å². The van der Waals surface area contributed by atoms with E-state index in [1.165, 1.54) is 4.68 Å². The van der Waals surface area contributed by atoms with Crippen LogP contribution in [0.5, 0.6) is 0 Å². The number of nitrogens with zero attached hydrogens (tertiary/aromatic N) is 4. The minimum Gasteiger partial charge on any atom is -0.441 e. The molecule has 0 aliphatic rings. The number of nitrogen functional groups attached to an aromatic ring is 1. The molecule has 0 atom stereocenters. The molecule has 1 amide bonds. The summed E-state index contributed by atoms with van der Waals surface area (Å²) in [5, 5.41) is 11.8. The van der Waals surface area contributed by atoms with Gasteiger partial charge >= 0.3 is 0 Å². The molecule has 2 aromatic carbocycles. The normalized spacial score (nSPS) is 11.0. The van der Waals surface area contributed by atoms with Gasteiger partial charge < -0.3 is 15.5 Å². The van der Waals surface area contributed by atoms with Gasteiger partial charge in [0.1, 0.15) is 11.5 Å². The minimum atomic E-state index is -0.481. The number of carbonyl (C=O) groups excluding carboxylic acids is 1. The van der Waals surface area contributed by atoms with E-state index >= 15 is 0 Å². The number of halogens is 2. The molecule has 31 heavy (non-hydrogen) atoms. The third-order valence-corrected chi connectivity index (χ3v) is 5.41. The van der Waals surface area contributed by atoms with Gasteiger partial charge in [-0.1, -0.05) is 40.5 Å². The van der Waals surface area contributed by atoms with Gasteiger partial charge in [-0.25, -0.2) is 9.67 Å². The fraction of sp³-hybridized carbons (Fsp3) is 0.143.